The fraction of sp³-hybridized carbons (Fsp3) is 0.667. The molecule has 1 aliphatic carbocycles. The van der Waals surface area contributed by atoms with Crippen LogP contribution in [0.3, 0.4) is 0 Å². The smallest absolute Gasteiger partial charge is 0.126 e. The third-order valence-corrected chi connectivity index (χ3v) is 3.97. The van der Waals surface area contributed by atoms with E-state index in [9.17, 15) is 0 Å². The molecule has 2 heteroatoms. The van der Waals surface area contributed by atoms with Crippen LogP contribution < -0.4 is 5.32 Å². The molecule has 0 spiro atoms. The zero-order chi connectivity index (χ0) is 12.3. The van der Waals surface area contributed by atoms with E-state index < -0.39 is 0 Å². The van der Waals surface area contributed by atoms with Crippen LogP contribution in [0.5, 0.6) is 0 Å². The van der Waals surface area contributed by atoms with E-state index in [0.717, 1.165) is 11.7 Å². The molecule has 0 radical (unpaired) electrons. The lowest BCUT2D eigenvalue weighted by Crippen LogP contribution is -2.31. The number of pyridine rings is 1. The highest BCUT2D eigenvalue weighted by atomic mass is 15.0. The Morgan fingerprint density at radius 2 is 1.82 bits per heavy atom. The molecule has 1 fully saturated rings. The SMILES string of the molecule is CC(C)(C)C1CCC(Nc2ccccn2)CC1. The molecule has 2 nitrogen and oxygen atoms in total. The van der Waals surface area contributed by atoms with Gasteiger partial charge in [0.15, 0.2) is 0 Å². The predicted molar refractivity (Wildman–Crippen MR) is 73.1 cm³/mol. The summed E-state index contributed by atoms with van der Waals surface area (Å²) in [7, 11) is 0. The average Bonchev–Trinajstić information content (AvgIpc) is 2.30. The number of anilines is 1. The Morgan fingerprint density at radius 1 is 1.12 bits per heavy atom. The number of rotatable bonds is 2. The molecule has 94 valence electrons. The summed E-state index contributed by atoms with van der Waals surface area (Å²) in [6.45, 7) is 7.10. The Hall–Kier alpha value is -1.05. The van der Waals surface area contributed by atoms with Crippen LogP contribution in [0.2, 0.25) is 0 Å². The number of hydrogen-bond acceptors (Lipinski definition) is 2. The Kier molecular flexibility index (Phi) is 3.70. The van der Waals surface area contributed by atoms with Crippen molar-refractivity contribution in [3.63, 3.8) is 0 Å². The maximum atomic E-state index is 4.33. The van der Waals surface area contributed by atoms with E-state index in [1.165, 1.54) is 25.7 Å². The van der Waals surface area contributed by atoms with Gasteiger partial charge in [-0.05, 0) is 49.1 Å². The molecule has 0 bridgehead atoms. The minimum atomic E-state index is 0.468. The van der Waals surface area contributed by atoms with Gasteiger partial charge in [-0.1, -0.05) is 26.8 Å². The van der Waals surface area contributed by atoms with Crippen molar-refractivity contribution < 1.29 is 0 Å². The quantitative estimate of drug-likeness (QED) is 0.830. The highest BCUT2D eigenvalue weighted by molar-refractivity contribution is 5.34. The first-order valence-electron chi connectivity index (χ1n) is 6.73. The topological polar surface area (TPSA) is 24.9 Å². The zero-order valence-corrected chi connectivity index (χ0v) is 11.2. The van der Waals surface area contributed by atoms with Crippen molar-refractivity contribution in [2.24, 2.45) is 11.3 Å². The largest absolute Gasteiger partial charge is 0.367 e. The van der Waals surface area contributed by atoms with Crippen molar-refractivity contribution in [3.05, 3.63) is 24.4 Å². The second-order valence-electron chi connectivity index (χ2n) is 6.27. The molecule has 0 saturated heterocycles. The first kappa shape index (κ1) is 12.4. The average molecular weight is 232 g/mol. The van der Waals surface area contributed by atoms with Crippen molar-refractivity contribution in [1.82, 2.24) is 4.98 Å². The minimum absolute atomic E-state index is 0.468. The molecule has 17 heavy (non-hydrogen) atoms. The van der Waals surface area contributed by atoms with E-state index in [2.05, 4.69) is 37.1 Å². The Bertz CT molecular complexity index is 332. The van der Waals surface area contributed by atoms with Gasteiger partial charge < -0.3 is 5.32 Å². The Labute approximate surface area is 105 Å². The summed E-state index contributed by atoms with van der Waals surface area (Å²) >= 11 is 0. The second kappa shape index (κ2) is 5.07. The summed E-state index contributed by atoms with van der Waals surface area (Å²) in [6, 6.07) is 6.66. The number of hydrogen-bond donors (Lipinski definition) is 1. The van der Waals surface area contributed by atoms with E-state index in [1.54, 1.807) is 0 Å². The van der Waals surface area contributed by atoms with Crippen molar-refractivity contribution in [1.29, 1.82) is 0 Å². The Morgan fingerprint density at radius 3 is 2.35 bits per heavy atom. The first-order valence-corrected chi connectivity index (χ1v) is 6.73. The third kappa shape index (κ3) is 3.45. The van der Waals surface area contributed by atoms with Crippen LogP contribution in [-0.4, -0.2) is 11.0 Å². The molecular formula is C15H24N2. The number of nitrogens with zero attached hydrogens (tertiary/aromatic N) is 1. The summed E-state index contributed by atoms with van der Waals surface area (Å²) in [5, 5.41) is 3.54. The molecule has 0 amide bonds. The molecule has 1 saturated carbocycles. The summed E-state index contributed by atoms with van der Waals surface area (Å²) in [5.74, 6) is 1.90. The van der Waals surface area contributed by atoms with Gasteiger partial charge >= 0.3 is 0 Å². The van der Waals surface area contributed by atoms with E-state index in [-0.39, 0.29) is 0 Å². The number of aromatic nitrogens is 1. The monoisotopic (exact) mass is 232 g/mol. The normalized spacial score (nSPS) is 25.6. The molecule has 1 aromatic heterocycles. The molecule has 1 aliphatic rings. The molecule has 1 aromatic rings. The lowest BCUT2D eigenvalue weighted by molar-refractivity contribution is 0.173. The van der Waals surface area contributed by atoms with Gasteiger partial charge in [0.25, 0.3) is 0 Å². The van der Waals surface area contributed by atoms with Gasteiger partial charge in [0, 0.05) is 12.2 Å². The first-order chi connectivity index (χ1) is 8.05. The molecular weight excluding hydrogens is 208 g/mol. The van der Waals surface area contributed by atoms with Crippen molar-refractivity contribution in [3.8, 4) is 0 Å². The van der Waals surface area contributed by atoms with E-state index in [4.69, 9.17) is 0 Å². The summed E-state index contributed by atoms with van der Waals surface area (Å²) < 4.78 is 0. The fourth-order valence-corrected chi connectivity index (χ4v) is 2.76. The lowest BCUT2D eigenvalue weighted by atomic mass is 9.71. The maximum absolute atomic E-state index is 4.33. The molecule has 0 unspecified atom stereocenters. The van der Waals surface area contributed by atoms with Crippen LogP contribution in [-0.2, 0) is 0 Å². The molecule has 2 rings (SSSR count). The van der Waals surface area contributed by atoms with Gasteiger partial charge in [-0.25, -0.2) is 4.98 Å². The molecule has 1 N–H and O–H groups in total. The highest BCUT2D eigenvalue weighted by Crippen LogP contribution is 2.38. The van der Waals surface area contributed by atoms with Gasteiger partial charge in [-0.3, -0.25) is 0 Å². The fourth-order valence-electron chi connectivity index (χ4n) is 2.76. The lowest BCUT2D eigenvalue weighted by Gasteiger charge is -2.37. The zero-order valence-electron chi connectivity index (χ0n) is 11.2. The van der Waals surface area contributed by atoms with Crippen LogP contribution in [0.25, 0.3) is 0 Å². The second-order valence-corrected chi connectivity index (χ2v) is 6.27. The minimum Gasteiger partial charge on any atom is -0.367 e. The standard InChI is InChI=1S/C15H24N2/c1-15(2,3)12-7-9-13(10-8-12)17-14-6-4-5-11-16-14/h4-6,11-13H,7-10H2,1-3H3,(H,16,17). The van der Waals surface area contributed by atoms with Crippen molar-refractivity contribution in [2.45, 2.75) is 52.5 Å². The third-order valence-electron chi connectivity index (χ3n) is 3.97. The van der Waals surface area contributed by atoms with Crippen LogP contribution >= 0.6 is 0 Å². The number of nitrogens with one attached hydrogen (secondary N) is 1. The van der Waals surface area contributed by atoms with Gasteiger partial charge in [-0.2, -0.15) is 0 Å². The maximum Gasteiger partial charge on any atom is 0.126 e. The van der Waals surface area contributed by atoms with E-state index in [1.807, 2.05) is 18.3 Å². The summed E-state index contributed by atoms with van der Waals surface area (Å²) in [6.07, 6.45) is 7.09. The summed E-state index contributed by atoms with van der Waals surface area (Å²) in [4.78, 5) is 4.33. The molecule has 0 atom stereocenters. The highest BCUT2D eigenvalue weighted by Gasteiger charge is 2.29. The van der Waals surface area contributed by atoms with Gasteiger partial charge in [0.05, 0.1) is 0 Å². The van der Waals surface area contributed by atoms with Crippen LogP contribution in [0.1, 0.15) is 46.5 Å². The Balaban J connectivity index is 1.84. The van der Waals surface area contributed by atoms with E-state index >= 15 is 0 Å². The molecule has 0 aromatic carbocycles. The van der Waals surface area contributed by atoms with Gasteiger partial charge in [0.2, 0.25) is 0 Å². The van der Waals surface area contributed by atoms with Crippen molar-refractivity contribution in [2.75, 3.05) is 5.32 Å². The molecule has 0 aliphatic heterocycles. The van der Waals surface area contributed by atoms with Gasteiger partial charge in [-0.15, -0.1) is 0 Å². The van der Waals surface area contributed by atoms with Crippen LogP contribution in [0, 0.1) is 11.3 Å². The predicted octanol–water partition coefficient (Wildman–Crippen LogP) is 4.10. The van der Waals surface area contributed by atoms with Crippen LogP contribution in [0.15, 0.2) is 24.4 Å². The van der Waals surface area contributed by atoms with Crippen molar-refractivity contribution >= 4 is 5.82 Å². The van der Waals surface area contributed by atoms with E-state index in [0.29, 0.717) is 11.5 Å². The summed E-state index contributed by atoms with van der Waals surface area (Å²) in [5.41, 5.74) is 0.468. The van der Waals surface area contributed by atoms with Crippen LogP contribution in [0.4, 0.5) is 5.82 Å². The van der Waals surface area contributed by atoms with Gasteiger partial charge in [0.1, 0.15) is 5.82 Å². The molecule has 1 heterocycles.